The highest BCUT2D eigenvalue weighted by atomic mass is 32.1. The number of hydrogen-bond donors (Lipinski definition) is 2. The van der Waals surface area contributed by atoms with Gasteiger partial charge in [0.15, 0.2) is 5.82 Å². The molecule has 0 spiro atoms. The van der Waals surface area contributed by atoms with E-state index < -0.39 is 0 Å². The van der Waals surface area contributed by atoms with Crippen molar-refractivity contribution in [3.63, 3.8) is 0 Å². The molecule has 0 radical (unpaired) electrons. The van der Waals surface area contributed by atoms with Gasteiger partial charge in [-0.1, -0.05) is 12.1 Å². The number of aromatic amines is 1. The maximum Gasteiger partial charge on any atom is 0.166 e. The number of ether oxygens (including phenoxy) is 1. The number of aromatic nitrogens is 3. The number of hydrogen-bond acceptors (Lipinski definition) is 5. The molecular formula is C18H18N4OS. The van der Waals surface area contributed by atoms with Crippen LogP contribution in [0, 0.1) is 13.8 Å². The van der Waals surface area contributed by atoms with Crippen LogP contribution in [0.25, 0.3) is 20.4 Å². The number of nitrogens with zero attached hydrogens (tertiary/aromatic N) is 2. The molecule has 122 valence electrons. The van der Waals surface area contributed by atoms with Gasteiger partial charge in [-0.25, -0.2) is 4.98 Å². The third kappa shape index (κ3) is 2.49. The first kappa shape index (κ1) is 15.0. The Kier molecular flexibility index (Phi) is 3.61. The standard InChI is InChI=1S/C18H18N4OS/c1-10-8-11(2)20-18-14(10)15-16(24-18)17(22-21-15)19-9-12-4-6-13(23-3)7-5-12/h4-8H,9H2,1-3H3,(H2,19,21,22). The van der Waals surface area contributed by atoms with Gasteiger partial charge in [0.25, 0.3) is 0 Å². The molecule has 0 atom stereocenters. The molecule has 0 amide bonds. The van der Waals surface area contributed by atoms with Crippen molar-refractivity contribution in [2.75, 3.05) is 12.4 Å². The highest BCUT2D eigenvalue weighted by Gasteiger charge is 2.15. The Morgan fingerprint density at radius 2 is 2.00 bits per heavy atom. The van der Waals surface area contributed by atoms with Crippen molar-refractivity contribution >= 4 is 37.6 Å². The zero-order chi connectivity index (χ0) is 16.7. The largest absolute Gasteiger partial charge is 0.497 e. The highest BCUT2D eigenvalue weighted by molar-refractivity contribution is 7.26. The minimum Gasteiger partial charge on any atom is -0.497 e. The smallest absolute Gasteiger partial charge is 0.166 e. The Morgan fingerprint density at radius 3 is 2.75 bits per heavy atom. The molecule has 0 saturated heterocycles. The summed E-state index contributed by atoms with van der Waals surface area (Å²) in [6.07, 6.45) is 0. The fourth-order valence-corrected chi connectivity index (χ4v) is 4.14. The first-order chi connectivity index (χ1) is 11.7. The Morgan fingerprint density at radius 1 is 1.21 bits per heavy atom. The maximum atomic E-state index is 5.19. The number of anilines is 1. The van der Waals surface area contributed by atoms with Crippen molar-refractivity contribution in [3.8, 4) is 5.75 Å². The Labute approximate surface area is 143 Å². The lowest BCUT2D eigenvalue weighted by Gasteiger charge is -2.04. The average Bonchev–Trinajstić information content (AvgIpc) is 3.12. The van der Waals surface area contributed by atoms with Crippen molar-refractivity contribution in [1.29, 1.82) is 0 Å². The summed E-state index contributed by atoms with van der Waals surface area (Å²) < 4.78 is 6.31. The second kappa shape index (κ2) is 5.79. The number of benzene rings is 1. The number of pyridine rings is 1. The van der Waals surface area contributed by atoms with Gasteiger partial charge >= 0.3 is 0 Å². The van der Waals surface area contributed by atoms with Gasteiger partial charge in [-0.2, -0.15) is 5.10 Å². The van der Waals surface area contributed by atoms with E-state index in [-0.39, 0.29) is 0 Å². The van der Waals surface area contributed by atoms with E-state index >= 15 is 0 Å². The van der Waals surface area contributed by atoms with E-state index in [1.54, 1.807) is 18.4 Å². The van der Waals surface area contributed by atoms with Crippen LogP contribution in [-0.4, -0.2) is 22.3 Å². The maximum absolute atomic E-state index is 5.19. The summed E-state index contributed by atoms with van der Waals surface area (Å²) in [6, 6.07) is 10.1. The molecule has 0 aliphatic carbocycles. The first-order valence-electron chi connectivity index (χ1n) is 7.77. The van der Waals surface area contributed by atoms with Gasteiger partial charge in [0.1, 0.15) is 10.6 Å². The number of nitrogens with one attached hydrogen (secondary N) is 2. The fraction of sp³-hybridized carbons (Fsp3) is 0.222. The average molecular weight is 338 g/mol. The summed E-state index contributed by atoms with van der Waals surface area (Å²) in [5.41, 5.74) is 4.52. The minimum atomic E-state index is 0.712. The van der Waals surface area contributed by atoms with Crippen LogP contribution in [0.15, 0.2) is 30.3 Å². The third-order valence-corrected chi connectivity index (χ3v) is 5.19. The lowest BCUT2D eigenvalue weighted by Crippen LogP contribution is -1.99. The molecule has 0 bridgehead atoms. The number of H-pyrrole nitrogens is 1. The van der Waals surface area contributed by atoms with E-state index in [0.29, 0.717) is 6.54 Å². The quantitative estimate of drug-likeness (QED) is 0.578. The van der Waals surface area contributed by atoms with Crippen LogP contribution in [0.1, 0.15) is 16.8 Å². The molecule has 24 heavy (non-hydrogen) atoms. The number of fused-ring (bicyclic) bond motifs is 3. The van der Waals surface area contributed by atoms with E-state index in [1.807, 2.05) is 19.1 Å². The predicted molar refractivity (Wildman–Crippen MR) is 99.1 cm³/mol. The molecule has 4 rings (SSSR count). The monoisotopic (exact) mass is 338 g/mol. The lowest BCUT2D eigenvalue weighted by atomic mass is 10.1. The van der Waals surface area contributed by atoms with E-state index in [9.17, 15) is 0 Å². The molecule has 0 aliphatic rings. The van der Waals surface area contributed by atoms with E-state index in [0.717, 1.165) is 32.3 Å². The number of rotatable bonds is 4. The predicted octanol–water partition coefficient (Wildman–Crippen LogP) is 4.41. The third-order valence-electron chi connectivity index (χ3n) is 4.10. The molecule has 4 aromatic rings. The van der Waals surface area contributed by atoms with Crippen LogP contribution in [0.2, 0.25) is 0 Å². The van der Waals surface area contributed by atoms with Gasteiger partial charge in [-0.3, -0.25) is 5.10 Å². The van der Waals surface area contributed by atoms with Crippen molar-refractivity contribution in [3.05, 3.63) is 47.2 Å². The zero-order valence-electron chi connectivity index (χ0n) is 13.8. The van der Waals surface area contributed by atoms with Crippen molar-refractivity contribution < 1.29 is 4.74 Å². The van der Waals surface area contributed by atoms with Crippen molar-refractivity contribution in [2.45, 2.75) is 20.4 Å². The second-order valence-corrected chi connectivity index (χ2v) is 6.84. The van der Waals surface area contributed by atoms with Gasteiger partial charge in [-0.15, -0.1) is 11.3 Å². The molecule has 3 aromatic heterocycles. The van der Waals surface area contributed by atoms with Crippen molar-refractivity contribution in [2.24, 2.45) is 0 Å². The summed E-state index contributed by atoms with van der Waals surface area (Å²) in [4.78, 5) is 5.71. The Hall–Kier alpha value is -2.60. The van der Waals surface area contributed by atoms with Gasteiger partial charge < -0.3 is 10.1 Å². The Bertz CT molecular complexity index is 1020. The SMILES string of the molecule is COc1ccc(CNc2n[nH]c3c2sc2nc(C)cc(C)c23)cc1. The molecule has 0 fully saturated rings. The van der Waals surface area contributed by atoms with E-state index in [4.69, 9.17) is 4.74 Å². The Balaban J connectivity index is 1.65. The summed E-state index contributed by atoms with van der Waals surface area (Å²) in [7, 11) is 1.67. The van der Waals surface area contributed by atoms with E-state index in [2.05, 4.69) is 45.6 Å². The highest BCUT2D eigenvalue weighted by Crippen LogP contribution is 2.37. The normalized spacial score (nSPS) is 11.3. The molecule has 0 saturated carbocycles. The topological polar surface area (TPSA) is 62.8 Å². The number of aryl methyl sites for hydroxylation is 2. The molecule has 0 unspecified atom stereocenters. The lowest BCUT2D eigenvalue weighted by molar-refractivity contribution is 0.414. The van der Waals surface area contributed by atoms with Crippen LogP contribution in [0.5, 0.6) is 5.75 Å². The molecule has 3 heterocycles. The summed E-state index contributed by atoms with van der Waals surface area (Å²) in [5, 5.41) is 12.2. The van der Waals surface area contributed by atoms with Gasteiger partial charge in [0, 0.05) is 17.6 Å². The van der Waals surface area contributed by atoms with Gasteiger partial charge in [-0.05, 0) is 43.2 Å². The van der Waals surface area contributed by atoms with Gasteiger partial charge in [0.05, 0.1) is 17.3 Å². The van der Waals surface area contributed by atoms with Crippen molar-refractivity contribution in [1.82, 2.24) is 15.2 Å². The molecule has 1 aromatic carbocycles. The van der Waals surface area contributed by atoms with Crippen LogP contribution in [-0.2, 0) is 6.54 Å². The minimum absolute atomic E-state index is 0.712. The molecule has 5 nitrogen and oxygen atoms in total. The number of thiophene rings is 1. The summed E-state index contributed by atoms with van der Waals surface area (Å²) in [6.45, 7) is 4.86. The van der Waals surface area contributed by atoms with Gasteiger partial charge in [0.2, 0.25) is 0 Å². The van der Waals surface area contributed by atoms with E-state index in [1.165, 1.54) is 16.5 Å². The summed E-state index contributed by atoms with van der Waals surface area (Å²) >= 11 is 1.68. The van der Waals surface area contributed by atoms with Crippen LogP contribution in [0.3, 0.4) is 0 Å². The van der Waals surface area contributed by atoms with Crippen LogP contribution >= 0.6 is 11.3 Å². The summed E-state index contributed by atoms with van der Waals surface area (Å²) in [5.74, 6) is 1.74. The molecule has 2 N–H and O–H groups in total. The second-order valence-electron chi connectivity index (χ2n) is 5.84. The molecule has 0 aliphatic heterocycles. The fourth-order valence-electron chi connectivity index (χ4n) is 2.93. The van der Waals surface area contributed by atoms with Crippen LogP contribution < -0.4 is 10.1 Å². The molecular weight excluding hydrogens is 320 g/mol. The number of methoxy groups -OCH3 is 1. The van der Waals surface area contributed by atoms with Crippen LogP contribution in [0.4, 0.5) is 5.82 Å². The zero-order valence-corrected chi connectivity index (χ0v) is 14.6. The molecule has 6 heteroatoms. The first-order valence-corrected chi connectivity index (χ1v) is 8.59.